The Labute approximate surface area is 166 Å². The lowest BCUT2D eigenvalue weighted by atomic mass is 9.95. The number of methoxy groups -OCH3 is 1. The highest BCUT2D eigenvalue weighted by Gasteiger charge is 2.19. The number of rotatable bonds is 4. The highest BCUT2D eigenvalue weighted by Crippen LogP contribution is 2.26. The van der Waals surface area contributed by atoms with Crippen LogP contribution in [-0.2, 0) is 12.0 Å². The Morgan fingerprint density at radius 3 is 2.74 bits per heavy atom. The van der Waals surface area contributed by atoms with E-state index >= 15 is 0 Å². The number of amides is 1. The molecule has 0 atom stereocenters. The van der Waals surface area contributed by atoms with E-state index in [0.29, 0.717) is 27.7 Å². The number of hydrogen-bond acceptors (Lipinski definition) is 4. The van der Waals surface area contributed by atoms with E-state index < -0.39 is 5.91 Å². The molecule has 0 N–H and O–H groups in total. The molecule has 2 aromatic heterocycles. The van der Waals surface area contributed by atoms with Crippen LogP contribution < -0.4 is 9.54 Å². The summed E-state index contributed by atoms with van der Waals surface area (Å²) < 4.78 is 12.7. The van der Waals surface area contributed by atoms with Crippen molar-refractivity contribution in [3.05, 3.63) is 68.8 Å². The Bertz CT molecular complexity index is 1010. The van der Waals surface area contributed by atoms with Gasteiger partial charge in [-0.05, 0) is 35.7 Å². The first-order valence-corrected chi connectivity index (χ1v) is 9.63. The molecule has 7 heteroatoms. The largest absolute Gasteiger partial charge is 0.496 e. The summed E-state index contributed by atoms with van der Waals surface area (Å²) >= 11 is 7.54. The van der Waals surface area contributed by atoms with Crippen molar-refractivity contribution in [2.24, 2.45) is 4.99 Å². The summed E-state index contributed by atoms with van der Waals surface area (Å²) in [5.74, 6) is 0.839. The molecular formula is C20H21ClN2O3S. The molecule has 142 valence electrons. The van der Waals surface area contributed by atoms with Crippen LogP contribution in [0.4, 0.5) is 0 Å². The minimum absolute atomic E-state index is 0.0554. The standard InChI is InChI=1S/C20H21ClN2O3S/c1-20(2,3)17-12-23(11-14-6-5-9-26-14)19(27-17)22-18(24)15-10-13(21)7-8-16(15)25-4/h5-10,12H,11H2,1-4H3. The van der Waals surface area contributed by atoms with E-state index in [0.717, 1.165) is 10.6 Å². The second-order valence-corrected chi connectivity index (χ2v) is 8.54. The van der Waals surface area contributed by atoms with Crippen LogP contribution >= 0.6 is 22.9 Å². The molecule has 0 saturated heterocycles. The van der Waals surface area contributed by atoms with Crippen LogP contribution in [0.2, 0.25) is 5.02 Å². The number of ether oxygens (including phenoxy) is 1. The predicted octanol–water partition coefficient (Wildman–Crippen LogP) is 4.89. The molecular weight excluding hydrogens is 384 g/mol. The molecule has 3 rings (SSSR count). The van der Waals surface area contributed by atoms with Gasteiger partial charge in [-0.25, -0.2) is 0 Å². The van der Waals surface area contributed by atoms with E-state index in [1.54, 1.807) is 24.5 Å². The fraction of sp³-hybridized carbons (Fsp3) is 0.300. The summed E-state index contributed by atoms with van der Waals surface area (Å²) in [6, 6.07) is 8.65. The second-order valence-electron chi connectivity index (χ2n) is 7.10. The summed E-state index contributed by atoms with van der Waals surface area (Å²) in [7, 11) is 1.51. The van der Waals surface area contributed by atoms with Gasteiger partial charge in [-0.1, -0.05) is 32.4 Å². The van der Waals surface area contributed by atoms with Gasteiger partial charge in [-0.2, -0.15) is 4.99 Å². The lowest BCUT2D eigenvalue weighted by Crippen LogP contribution is -2.17. The van der Waals surface area contributed by atoms with Crippen molar-refractivity contribution >= 4 is 28.8 Å². The Kier molecular flexibility index (Phi) is 5.58. The van der Waals surface area contributed by atoms with Crippen molar-refractivity contribution in [1.29, 1.82) is 0 Å². The van der Waals surface area contributed by atoms with Crippen molar-refractivity contribution < 1.29 is 13.9 Å². The number of thiazole rings is 1. The van der Waals surface area contributed by atoms with Gasteiger partial charge in [0.25, 0.3) is 5.91 Å². The van der Waals surface area contributed by atoms with Gasteiger partial charge < -0.3 is 13.7 Å². The fourth-order valence-electron chi connectivity index (χ4n) is 2.49. The van der Waals surface area contributed by atoms with Gasteiger partial charge in [0, 0.05) is 16.1 Å². The van der Waals surface area contributed by atoms with E-state index in [-0.39, 0.29) is 5.41 Å². The third-order valence-corrected chi connectivity index (χ3v) is 5.64. The molecule has 0 radical (unpaired) electrons. The molecule has 27 heavy (non-hydrogen) atoms. The average Bonchev–Trinajstić information content (AvgIpc) is 3.25. The van der Waals surface area contributed by atoms with Crippen LogP contribution in [0.1, 0.15) is 41.8 Å². The predicted molar refractivity (Wildman–Crippen MR) is 107 cm³/mol. The number of carbonyl (C=O) groups excluding carboxylic acids is 1. The maximum absolute atomic E-state index is 12.8. The van der Waals surface area contributed by atoms with Crippen molar-refractivity contribution in [3.8, 4) is 5.75 Å². The van der Waals surface area contributed by atoms with E-state index in [1.807, 2.05) is 22.9 Å². The Hall–Kier alpha value is -2.31. The molecule has 2 heterocycles. The summed E-state index contributed by atoms with van der Waals surface area (Å²) in [5.41, 5.74) is 0.278. The number of benzene rings is 1. The molecule has 0 aliphatic rings. The number of halogens is 1. The Balaban J connectivity index is 2.07. The molecule has 1 aromatic carbocycles. The maximum Gasteiger partial charge on any atom is 0.283 e. The van der Waals surface area contributed by atoms with Crippen LogP contribution in [0.15, 0.2) is 52.2 Å². The molecule has 0 saturated carbocycles. The molecule has 0 fully saturated rings. The SMILES string of the molecule is COc1ccc(Cl)cc1C(=O)N=c1sc(C(C)(C)C)cn1Cc1ccco1. The van der Waals surface area contributed by atoms with Crippen molar-refractivity contribution in [2.75, 3.05) is 7.11 Å². The van der Waals surface area contributed by atoms with E-state index in [4.69, 9.17) is 20.8 Å². The average molecular weight is 405 g/mol. The van der Waals surface area contributed by atoms with Gasteiger partial charge >= 0.3 is 0 Å². The zero-order valence-corrected chi connectivity index (χ0v) is 17.2. The number of nitrogens with zero attached hydrogens (tertiary/aromatic N) is 2. The topological polar surface area (TPSA) is 56.7 Å². The first-order chi connectivity index (χ1) is 12.8. The number of hydrogen-bond donors (Lipinski definition) is 0. The monoisotopic (exact) mass is 404 g/mol. The summed E-state index contributed by atoms with van der Waals surface area (Å²) in [6.45, 7) is 6.88. The van der Waals surface area contributed by atoms with Gasteiger partial charge in [-0.15, -0.1) is 11.3 Å². The smallest absolute Gasteiger partial charge is 0.283 e. The van der Waals surface area contributed by atoms with Gasteiger partial charge in [0.15, 0.2) is 4.80 Å². The molecule has 0 unspecified atom stereocenters. The Morgan fingerprint density at radius 2 is 2.11 bits per heavy atom. The molecule has 5 nitrogen and oxygen atoms in total. The van der Waals surface area contributed by atoms with E-state index in [9.17, 15) is 4.79 Å². The van der Waals surface area contributed by atoms with Crippen molar-refractivity contribution in [2.45, 2.75) is 32.7 Å². The second kappa shape index (κ2) is 7.74. The van der Waals surface area contributed by atoms with Crippen molar-refractivity contribution in [1.82, 2.24) is 4.57 Å². The van der Waals surface area contributed by atoms with Crippen LogP contribution in [0.5, 0.6) is 5.75 Å². The van der Waals surface area contributed by atoms with Gasteiger partial charge in [0.2, 0.25) is 0 Å². The minimum atomic E-state index is -0.398. The molecule has 0 aliphatic heterocycles. The molecule has 0 aliphatic carbocycles. The Morgan fingerprint density at radius 1 is 1.33 bits per heavy atom. The zero-order chi connectivity index (χ0) is 19.6. The lowest BCUT2D eigenvalue weighted by Gasteiger charge is -2.14. The normalized spacial score (nSPS) is 12.4. The summed E-state index contributed by atoms with van der Waals surface area (Å²) in [4.78, 5) is 18.9. The van der Waals surface area contributed by atoms with Gasteiger partial charge in [0.1, 0.15) is 11.5 Å². The minimum Gasteiger partial charge on any atom is -0.496 e. The summed E-state index contributed by atoms with van der Waals surface area (Å²) in [5, 5.41) is 0.458. The van der Waals surface area contributed by atoms with Gasteiger partial charge in [0.05, 0.1) is 25.5 Å². The highest BCUT2D eigenvalue weighted by atomic mass is 35.5. The molecule has 1 amide bonds. The number of carbonyl (C=O) groups is 1. The molecule has 0 bridgehead atoms. The first-order valence-electron chi connectivity index (χ1n) is 8.43. The first kappa shape index (κ1) is 19.5. The van der Waals surface area contributed by atoms with Crippen molar-refractivity contribution in [3.63, 3.8) is 0 Å². The van der Waals surface area contributed by atoms with E-state index in [1.165, 1.54) is 18.4 Å². The van der Waals surface area contributed by atoms with Crippen LogP contribution in [0, 0.1) is 0 Å². The van der Waals surface area contributed by atoms with Crippen LogP contribution in [0.25, 0.3) is 0 Å². The maximum atomic E-state index is 12.8. The molecule has 3 aromatic rings. The third-order valence-electron chi connectivity index (χ3n) is 3.95. The lowest BCUT2D eigenvalue weighted by molar-refractivity contribution is 0.0995. The van der Waals surface area contributed by atoms with Crippen LogP contribution in [-0.4, -0.2) is 17.6 Å². The highest BCUT2D eigenvalue weighted by molar-refractivity contribution is 7.09. The quantitative estimate of drug-likeness (QED) is 0.622. The number of furan rings is 1. The van der Waals surface area contributed by atoms with Crippen LogP contribution in [0.3, 0.4) is 0 Å². The molecule has 0 spiro atoms. The van der Waals surface area contributed by atoms with E-state index in [2.05, 4.69) is 25.8 Å². The number of aromatic nitrogens is 1. The fourth-order valence-corrected chi connectivity index (χ4v) is 3.71. The third kappa shape index (κ3) is 4.51. The summed E-state index contributed by atoms with van der Waals surface area (Å²) in [6.07, 6.45) is 3.65. The van der Waals surface area contributed by atoms with Gasteiger partial charge in [-0.3, -0.25) is 4.79 Å². The zero-order valence-electron chi connectivity index (χ0n) is 15.7.